The first-order chi connectivity index (χ1) is 16.0. The van der Waals surface area contributed by atoms with Crippen LogP contribution in [0.5, 0.6) is 0 Å². The second-order valence-corrected chi connectivity index (χ2v) is 9.85. The lowest BCUT2D eigenvalue weighted by molar-refractivity contribution is 0.0973. The fourth-order valence-electron chi connectivity index (χ4n) is 5.73. The van der Waals surface area contributed by atoms with Gasteiger partial charge in [-0.25, -0.2) is 0 Å². The zero-order valence-corrected chi connectivity index (χ0v) is 18.6. The van der Waals surface area contributed by atoms with E-state index in [1.807, 2.05) is 25.1 Å². The lowest BCUT2D eigenvalue weighted by Crippen LogP contribution is -2.51. The normalized spacial score (nSPS) is 25.4. The van der Waals surface area contributed by atoms with Gasteiger partial charge < -0.3 is 15.4 Å². The van der Waals surface area contributed by atoms with E-state index in [0.717, 1.165) is 44.3 Å². The second-order valence-electron chi connectivity index (χ2n) is 9.85. The number of nitrogens with one attached hydrogen (secondary N) is 2. The fraction of sp³-hybridized carbons (Fsp3) is 0.500. The lowest BCUT2D eigenvalue weighted by Gasteiger charge is -2.41. The van der Waals surface area contributed by atoms with Crippen LogP contribution in [0.2, 0.25) is 0 Å². The molecule has 0 radical (unpaired) electrons. The van der Waals surface area contributed by atoms with Crippen molar-refractivity contribution in [2.24, 2.45) is 11.1 Å². The molecule has 1 saturated carbocycles. The van der Waals surface area contributed by atoms with Gasteiger partial charge in [0.1, 0.15) is 5.39 Å². The number of nitriles is 1. The van der Waals surface area contributed by atoms with Crippen molar-refractivity contribution in [3.8, 4) is 6.07 Å². The number of fused-ring (bicyclic) bond motifs is 1. The van der Waals surface area contributed by atoms with Gasteiger partial charge in [0, 0.05) is 30.0 Å². The molecule has 1 aromatic carbocycles. The maximum atomic E-state index is 13.2. The van der Waals surface area contributed by atoms with Gasteiger partial charge in [0.2, 0.25) is 5.95 Å². The minimum atomic E-state index is -0.339. The van der Waals surface area contributed by atoms with Crippen LogP contribution < -0.4 is 16.2 Å². The first-order valence-corrected chi connectivity index (χ1v) is 11.6. The van der Waals surface area contributed by atoms with E-state index in [0.29, 0.717) is 34.8 Å². The Bertz CT molecular complexity index is 1320. The SMILES string of the molecule is C[C@@H]1OCC2(CCN(c3nc4[nH]nc(C5(c6cccc(C#N)c6)CC5)c4c(=O)[nH]3)CC2)[C@@H]1N. The van der Waals surface area contributed by atoms with Crippen LogP contribution in [-0.4, -0.2) is 52.0 Å². The standard InChI is InChI=1S/C24H27N7O2/c1-14-18(26)23(13-33-14)7-9-31(10-8-23)22-27-20-17(21(32)28-22)19(29-30-20)24(5-6-24)16-4-2-3-15(11-16)12-25/h2-4,11,14,18H,5-10,13,26H2,1H3,(H2,27,28,29,30,32)/t14-,18+/m0/s1. The molecule has 1 aliphatic carbocycles. The fourth-order valence-corrected chi connectivity index (χ4v) is 5.73. The number of aromatic amines is 2. The van der Waals surface area contributed by atoms with E-state index >= 15 is 0 Å². The first-order valence-electron chi connectivity index (χ1n) is 11.6. The molecule has 2 aliphatic heterocycles. The highest BCUT2D eigenvalue weighted by molar-refractivity contribution is 5.80. The highest BCUT2D eigenvalue weighted by atomic mass is 16.5. The molecule has 4 N–H and O–H groups in total. The second kappa shape index (κ2) is 7.14. The smallest absolute Gasteiger partial charge is 0.263 e. The van der Waals surface area contributed by atoms with Gasteiger partial charge in [-0.3, -0.25) is 14.9 Å². The summed E-state index contributed by atoms with van der Waals surface area (Å²) in [5, 5.41) is 17.3. The van der Waals surface area contributed by atoms with Crippen molar-refractivity contribution >= 4 is 17.0 Å². The first kappa shape index (κ1) is 20.4. The number of benzene rings is 1. The van der Waals surface area contributed by atoms with E-state index in [2.05, 4.69) is 26.2 Å². The molecule has 9 heteroatoms. The van der Waals surface area contributed by atoms with Crippen LogP contribution in [0.3, 0.4) is 0 Å². The third-order valence-electron chi connectivity index (χ3n) is 8.07. The van der Waals surface area contributed by atoms with E-state index in [1.165, 1.54) is 0 Å². The molecule has 0 amide bonds. The Morgan fingerprint density at radius 3 is 2.73 bits per heavy atom. The molecule has 2 aromatic heterocycles. The molecule has 4 heterocycles. The van der Waals surface area contributed by atoms with Crippen molar-refractivity contribution in [1.29, 1.82) is 5.26 Å². The van der Waals surface area contributed by atoms with Crippen LogP contribution in [0.15, 0.2) is 29.1 Å². The number of rotatable bonds is 3. The topological polar surface area (TPSA) is 137 Å². The summed E-state index contributed by atoms with van der Waals surface area (Å²) in [6, 6.07) is 9.81. The summed E-state index contributed by atoms with van der Waals surface area (Å²) < 4.78 is 5.82. The summed E-state index contributed by atoms with van der Waals surface area (Å²) in [7, 11) is 0. The average molecular weight is 446 g/mol. The Hall–Kier alpha value is -3.22. The largest absolute Gasteiger partial charge is 0.376 e. The van der Waals surface area contributed by atoms with Gasteiger partial charge in [-0.15, -0.1) is 0 Å². The number of ether oxygens (including phenoxy) is 1. The predicted octanol–water partition coefficient (Wildman–Crippen LogP) is 1.93. The lowest BCUT2D eigenvalue weighted by atomic mass is 9.73. The quantitative estimate of drug-likeness (QED) is 0.560. The van der Waals surface area contributed by atoms with E-state index in [-0.39, 0.29) is 28.5 Å². The molecule has 2 atom stereocenters. The predicted molar refractivity (Wildman–Crippen MR) is 123 cm³/mol. The Morgan fingerprint density at radius 2 is 2.06 bits per heavy atom. The van der Waals surface area contributed by atoms with Crippen LogP contribution in [0.25, 0.3) is 11.0 Å². The van der Waals surface area contributed by atoms with Gasteiger partial charge in [-0.1, -0.05) is 12.1 Å². The minimum absolute atomic E-state index is 0.0117. The van der Waals surface area contributed by atoms with Crippen molar-refractivity contribution in [2.45, 2.75) is 50.2 Å². The maximum Gasteiger partial charge on any atom is 0.263 e. The van der Waals surface area contributed by atoms with Crippen molar-refractivity contribution in [3.05, 3.63) is 51.4 Å². The van der Waals surface area contributed by atoms with Crippen molar-refractivity contribution in [2.75, 3.05) is 24.6 Å². The monoisotopic (exact) mass is 445 g/mol. The van der Waals surface area contributed by atoms with Gasteiger partial charge >= 0.3 is 0 Å². The van der Waals surface area contributed by atoms with Gasteiger partial charge in [0.25, 0.3) is 5.56 Å². The third-order valence-corrected chi connectivity index (χ3v) is 8.07. The number of H-pyrrole nitrogens is 2. The van der Waals surface area contributed by atoms with Crippen molar-refractivity contribution in [3.63, 3.8) is 0 Å². The molecule has 1 spiro atoms. The Kier molecular flexibility index (Phi) is 4.41. The molecule has 9 nitrogen and oxygen atoms in total. The summed E-state index contributed by atoms with van der Waals surface area (Å²) in [5.74, 6) is 0.564. The molecule has 0 unspecified atom stereocenters. The zero-order chi connectivity index (χ0) is 22.8. The highest BCUT2D eigenvalue weighted by Gasteiger charge is 2.50. The minimum Gasteiger partial charge on any atom is -0.376 e. The van der Waals surface area contributed by atoms with Crippen LogP contribution in [-0.2, 0) is 10.2 Å². The molecule has 0 bridgehead atoms. The van der Waals surface area contributed by atoms with Crippen LogP contribution >= 0.6 is 0 Å². The van der Waals surface area contributed by atoms with Gasteiger partial charge in [-0.2, -0.15) is 15.3 Å². The van der Waals surface area contributed by atoms with Crippen LogP contribution in [0.4, 0.5) is 5.95 Å². The number of piperidine rings is 1. The molecular formula is C24H27N7O2. The Morgan fingerprint density at radius 1 is 1.27 bits per heavy atom. The summed E-state index contributed by atoms with van der Waals surface area (Å²) in [6.45, 7) is 4.27. The number of nitrogens with zero attached hydrogens (tertiary/aromatic N) is 4. The van der Waals surface area contributed by atoms with Gasteiger partial charge in [0.05, 0.1) is 30.0 Å². The van der Waals surface area contributed by atoms with Crippen LogP contribution in [0.1, 0.15) is 49.4 Å². The van der Waals surface area contributed by atoms with Crippen LogP contribution in [0, 0.1) is 16.7 Å². The Balaban J connectivity index is 1.31. The number of hydrogen-bond acceptors (Lipinski definition) is 7. The zero-order valence-electron chi connectivity index (χ0n) is 18.6. The third kappa shape index (κ3) is 3.01. The summed E-state index contributed by atoms with van der Waals surface area (Å²) in [5.41, 5.74) is 8.77. The number of anilines is 1. The maximum absolute atomic E-state index is 13.2. The van der Waals surface area contributed by atoms with Gasteiger partial charge in [0.15, 0.2) is 5.65 Å². The summed E-state index contributed by atoms with van der Waals surface area (Å²) in [6.07, 6.45) is 3.67. The molecule has 6 rings (SSSR count). The number of aromatic nitrogens is 4. The summed E-state index contributed by atoms with van der Waals surface area (Å²) >= 11 is 0. The van der Waals surface area contributed by atoms with E-state index in [1.54, 1.807) is 6.07 Å². The van der Waals surface area contributed by atoms with E-state index in [4.69, 9.17) is 15.5 Å². The Labute approximate surface area is 191 Å². The molecule has 33 heavy (non-hydrogen) atoms. The molecular weight excluding hydrogens is 418 g/mol. The molecule has 3 fully saturated rings. The molecule has 3 aliphatic rings. The van der Waals surface area contributed by atoms with E-state index < -0.39 is 0 Å². The van der Waals surface area contributed by atoms with Crippen molar-refractivity contribution in [1.82, 2.24) is 20.2 Å². The van der Waals surface area contributed by atoms with E-state index in [9.17, 15) is 10.1 Å². The molecule has 170 valence electrons. The number of nitrogens with two attached hydrogens (primary N) is 1. The molecule has 3 aromatic rings. The van der Waals surface area contributed by atoms with Gasteiger partial charge in [-0.05, 0) is 50.3 Å². The van der Waals surface area contributed by atoms with Crippen molar-refractivity contribution < 1.29 is 4.74 Å². The number of hydrogen-bond donors (Lipinski definition) is 3. The highest BCUT2D eigenvalue weighted by Crippen LogP contribution is 2.54. The summed E-state index contributed by atoms with van der Waals surface area (Å²) in [4.78, 5) is 23.1. The molecule has 2 saturated heterocycles. The average Bonchev–Trinajstić information content (AvgIpc) is 3.46.